The lowest BCUT2D eigenvalue weighted by atomic mass is 10.3. The van der Waals surface area contributed by atoms with Gasteiger partial charge in [-0.2, -0.15) is 0 Å². The molecule has 0 aromatic carbocycles. The van der Waals surface area contributed by atoms with Crippen LogP contribution in [0, 0.1) is 0 Å². The highest BCUT2D eigenvalue weighted by molar-refractivity contribution is 9.09. The van der Waals surface area contributed by atoms with Gasteiger partial charge in [-0.25, -0.2) is 0 Å². The Morgan fingerprint density at radius 3 is 2.75 bits per heavy atom. The molecule has 0 bridgehead atoms. The maximum atomic E-state index is 10.8. The monoisotopic (exact) mass is 196 g/mol. The van der Waals surface area contributed by atoms with Crippen molar-refractivity contribution in [2.24, 2.45) is 0 Å². The molecule has 0 aromatic heterocycles. The molecule has 1 unspecified atom stereocenters. The lowest BCUT2D eigenvalue weighted by Gasteiger charge is -2.14. The Kier molecular flexibility index (Phi) is 2.50. The number of alkyl halides is 1. The third-order valence-electron chi connectivity index (χ3n) is 1.26. The summed E-state index contributed by atoms with van der Waals surface area (Å²) in [7, 11) is -0.517. The van der Waals surface area contributed by atoms with Crippen LogP contribution in [0.4, 0.5) is 0 Å². The highest BCUT2D eigenvalue weighted by Crippen LogP contribution is 2.15. The maximum absolute atomic E-state index is 10.8. The standard InChI is InChI=1S/C5H9BrOS/c6-5-2-1-3-8(7)4-5/h5H,1-4H2/t5-,8?/m1/s1. The van der Waals surface area contributed by atoms with Crippen LogP contribution in [0.25, 0.3) is 0 Å². The Labute approximate surface area is 60.4 Å². The van der Waals surface area contributed by atoms with E-state index >= 15 is 0 Å². The molecule has 1 rings (SSSR count). The number of hydrogen-bond acceptors (Lipinski definition) is 1. The predicted molar refractivity (Wildman–Crippen MR) is 39.8 cm³/mol. The molecule has 0 aliphatic carbocycles. The largest absolute Gasteiger partial charge is 0.260 e. The third kappa shape index (κ3) is 1.86. The minimum absolute atomic E-state index is 0.517. The first-order valence-corrected chi connectivity index (χ1v) is 5.18. The van der Waals surface area contributed by atoms with E-state index in [0.717, 1.165) is 17.9 Å². The van der Waals surface area contributed by atoms with E-state index in [2.05, 4.69) is 15.9 Å². The van der Waals surface area contributed by atoms with Gasteiger partial charge >= 0.3 is 0 Å². The number of rotatable bonds is 0. The van der Waals surface area contributed by atoms with Crippen LogP contribution >= 0.6 is 15.9 Å². The van der Waals surface area contributed by atoms with Crippen molar-refractivity contribution in [1.29, 1.82) is 0 Å². The van der Waals surface area contributed by atoms with E-state index in [1.165, 1.54) is 6.42 Å². The normalized spacial score (nSPS) is 39.6. The summed E-state index contributed by atoms with van der Waals surface area (Å²) in [5.41, 5.74) is 0. The Bertz CT molecular complexity index is 105. The Hall–Kier alpha value is 0.630. The zero-order valence-electron chi connectivity index (χ0n) is 4.60. The van der Waals surface area contributed by atoms with Gasteiger partial charge in [-0.3, -0.25) is 4.21 Å². The van der Waals surface area contributed by atoms with Crippen LogP contribution in [0.2, 0.25) is 0 Å². The average Bonchev–Trinajstić information content (AvgIpc) is 1.64. The van der Waals surface area contributed by atoms with Crippen molar-refractivity contribution in [3.8, 4) is 0 Å². The maximum Gasteiger partial charge on any atom is 0.0360 e. The molecule has 0 N–H and O–H groups in total. The van der Waals surface area contributed by atoms with Crippen LogP contribution in [-0.2, 0) is 10.8 Å². The second-order valence-corrected chi connectivity index (χ2v) is 4.97. The van der Waals surface area contributed by atoms with Gasteiger partial charge in [0.2, 0.25) is 0 Å². The summed E-state index contributed by atoms with van der Waals surface area (Å²) in [6, 6.07) is 0. The minimum atomic E-state index is -0.517. The van der Waals surface area contributed by atoms with E-state index < -0.39 is 10.8 Å². The first kappa shape index (κ1) is 6.75. The summed E-state index contributed by atoms with van der Waals surface area (Å²) in [5, 5.41) is 0. The number of halogens is 1. The molecule has 1 aliphatic heterocycles. The smallest absolute Gasteiger partial charge is 0.0360 e. The van der Waals surface area contributed by atoms with E-state index in [4.69, 9.17) is 0 Å². The van der Waals surface area contributed by atoms with Crippen LogP contribution in [0.5, 0.6) is 0 Å². The Balaban J connectivity index is 2.34. The molecule has 0 aromatic rings. The molecule has 48 valence electrons. The zero-order chi connectivity index (χ0) is 5.98. The van der Waals surface area contributed by atoms with Crippen LogP contribution < -0.4 is 0 Å². The Morgan fingerprint density at radius 1 is 1.62 bits per heavy atom. The molecule has 0 saturated carbocycles. The minimum Gasteiger partial charge on any atom is -0.260 e. The predicted octanol–water partition coefficient (Wildman–Crippen LogP) is 1.29. The zero-order valence-corrected chi connectivity index (χ0v) is 7.00. The molecule has 1 aliphatic rings. The molecular formula is C5H9BrOS. The molecule has 1 saturated heterocycles. The first-order valence-electron chi connectivity index (χ1n) is 2.78. The van der Waals surface area contributed by atoms with Crippen LogP contribution in [0.3, 0.4) is 0 Å². The molecule has 1 fully saturated rings. The fourth-order valence-electron chi connectivity index (χ4n) is 0.834. The Morgan fingerprint density at radius 2 is 2.38 bits per heavy atom. The quantitative estimate of drug-likeness (QED) is 0.535. The van der Waals surface area contributed by atoms with Gasteiger partial charge in [0, 0.05) is 27.1 Å². The first-order chi connectivity index (χ1) is 3.79. The van der Waals surface area contributed by atoms with Gasteiger partial charge in [-0.05, 0) is 12.8 Å². The van der Waals surface area contributed by atoms with Crippen molar-refractivity contribution in [1.82, 2.24) is 0 Å². The van der Waals surface area contributed by atoms with E-state index in [9.17, 15) is 4.21 Å². The van der Waals surface area contributed by atoms with Crippen molar-refractivity contribution in [3.63, 3.8) is 0 Å². The van der Waals surface area contributed by atoms with Crippen molar-refractivity contribution in [2.45, 2.75) is 17.7 Å². The highest BCUT2D eigenvalue weighted by atomic mass is 79.9. The molecule has 1 nitrogen and oxygen atoms in total. The van der Waals surface area contributed by atoms with Crippen LogP contribution in [0.1, 0.15) is 12.8 Å². The van der Waals surface area contributed by atoms with Gasteiger partial charge in [0.1, 0.15) is 0 Å². The summed E-state index contributed by atoms with van der Waals surface area (Å²) < 4.78 is 10.8. The van der Waals surface area contributed by atoms with Gasteiger partial charge in [0.05, 0.1) is 0 Å². The molecule has 8 heavy (non-hydrogen) atoms. The average molecular weight is 197 g/mol. The van der Waals surface area contributed by atoms with Crippen molar-refractivity contribution in [2.75, 3.05) is 11.5 Å². The van der Waals surface area contributed by atoms with Gasteiger partial charge in [-0.1, -0.05) is 15.9 Å². The summed E-state index contributed by atoms with van der Waals surface area (Å²) in [6.07, 6.45) is 2.33. The van der Waals surface area contributed by atoms with Crippen molar-refractivity contribution in [3.05, 3.63) is 0 Å². The SMILES string of the molecule is O=S1CCC[C@@H](Br)C1. The summed E-state index contributed by atoms with van der Waals surface area (Å²) in [4.78, 5) is 0.525. The van der Waals surface area contributed by atoms with E-state index in [-0.39, 0.29) is 0 Å². The van der Waals surface area contributed by atoms with Gasteiger partial charge in [0.25, 0.3) is 0 Å². The van der Waals surface area contributed by atoms with E-state index in [1.807, 2.05) is 0 Å². The third-order valence-corrected chi connectivity index (χ3v) is 3.98. The van der Waals surface area contributed by atoms with Crippen LogP contribution in [-0.4, -0.2) is 20.5 Å². The molecule has 1 heterocycles. The number of hydrogen-bond donors (Lipinski definition) is 0. The molecule has 3 heteroatoms. The summed E-state index contributed by atoms with van der Waals surface area (Å²) in [6.45, 7) is 0. The second-order valence-electron chi connectivity index (χ2n) is 2.05. The fourth-order valence-corrected chi connectivity index (χ4v) is 3.27. The van der Waals surface area contributed by atoms with Crippen LogP contribution in [0.15, 0.2) is 0 Å². The lowest BCUT2D eigenvalue weighted by Crippen LogP contribution is -2.19. The molecule has 0 spiro atoms. The topological polar surface area (TPSA) is 17.1 Å². The molecule has 2 atom stereocenters. The summed E-state index contributed by atoms with van der Waals surface area (Å²) in [5.74, 6) is 1.78. The molecular weight excluding hydrogens is 188 g/mol. The highest BCUT2D eigenvalue weighted by Gasteiger charge is 2.14. The lowest BCUT2D eigenvalue weighted by molar-refractivity contribution is 0.663. The van der Waals surface area contributed by atoms with Gasteiger partial charge in [-0.15, -0.1) is 0 Å². The van der Waals surface area contributed by atoms with Crippen molar-refractivity contribution < 1.29 is 4.21 Å². The van der Waals surface area contributed by atoms with Gasteiger partial charge in [0.15, 0.2) is 0 Å². The van der Waals surface area contributed by atoms with E-state index in [1.54, 1.807) is 0 Å². The summed E-state index contributed by atoms with van der Waals surface area (Å²) >= 11 is 3.44. The van der Waals surface area contributed by atoms with Gasteiger partial charge < -0.3 is 0 Å². The van der Waals surface area contributed by atoms with E-state index in [0.29, 0.717) is 4.83 Å². The second kappa shape index (κ2) is 2.97. The molecule has 0 radical (unpaired) electrons. The fraction of sp³-hybridized carbons (Fsp3) is 1.00. The molecule has 0 amide bonds. The van der Waals surface area contributed by atoms with Crippen molar-refractivity contribution >= 4 is 26.7 Å².